The molecular weight excluding hydrogens is 316 g/mol. The monoisotopic (exact) mass is 328 g/mol. The van der Waals surface area contributed by atoms with Gasteiger partial charge in [0.2, 0.25) is 0 Å². The number of nitrogens with zero attached hydrogens (tertiary/aromatic N) is 1. The predicted molar refractivity (Wildman–Crippen MR) is 89.5 cm³/mol. The lowest BCUT2D eigenvalue weighted by Crippen LogP contribution is -2.29. The molecule has 23 heavy (non-hydrogen) atoms. The van der Waals surface area contributed by atoms with Crippen molar-refractivity contribution in [2.45, 2.75) is 6.92 Å². The van der Waals surface area contributed by atoms with Crippen molar-refractivity contribution >= 4 is 45.8 Å². The Morgan fingerprint density at radius 3 is 2.70 bits per heavy atom. The van der Waals surface area contributed by atoms with Gasteiger partial charge in [-0.25, -0.2) is 4.98 Å². The first-order valence-corrected chi connectivity index (χ1v) is 7.22. The summed E-state index contributed by atoms with van der Waals surface area (Å²) < 4.78 is 0. The molecule has 1 heterocycles. The maximum Gasteiger partial charge on any atom is 0.314 e. The lowest BCUT2D eigenvalue weighted by atomic mass is 10.2. The van der Waals surface area contributed by atoms with Crippen molar-refractivity contribution in [3.63, 3.8) is 0 Å². The van der Waals surface area contributed by atoms with Crippen molar-refractivity contribution in [3.8, 4) is 0 Å². The second-order valence-corrected chi connectivity index (χ2v) is 5.44. The van der Waals surface area contributed by atoms with Crippen molar-refractivity contribution in [1.29, 1.82) is 0 Å². The summed E-state index contributed by atoms with van der Waals surface area (Å²) in [7, 11) is 0. The van der Waals surface area contributed by atoms with Gasteiger partial charge in [0.15, 0.2) is 0 Å². The Kier molecular flexibility index (Phi) is 3.99. The van der Waals surface area contributed by atoms with E-state index >= 15 is 0 Å². The molecule has 6 nitrogen and oxygen atoms in total. The van der Waals surface area contributed by atoms with Crippen LogP contribution in [0.3, 0.4) is 0 Å². The van der Waals surface area contributed by atoms with E-state index in [0.717, 1.165) is 16.6 Å². The van der Waals surface area contributed by atoms with Crippen LogP contribution in [0, 0.1) is 6.92 Å². The number of carbonyl (C=O) groups is 2. The minimum atomic E-state index is -0.764. The minimum absolute atomic E-state index is 0.482. The summed E-state index contributed by atoms with van der Waals surface area (Å²) >= 11 is 5.89. The maximum absolute atomic E-state index is 12.0. The summed E-state index contributed by atoms with van der Waals surface area (Å²) in [4.78, 5) is 31.0. The fourth-order valence-corrected chi connectivity index (χ4v) is 2.28. The fraction of sp³-hybridized carbons (Fsp3) is 0.0625. The SMILES string of the molecule is Cc1ccc(Cl)cc1NC(=O)C(=O)Nc1ccc2nc[nH]c2c1. The van der Waals surface area contributed by atoms with E-state index in [2.05, 4.69) is 20.6 Å². The smallest absolute Gasteiger partial charge is 0.314 e. The Morgan fingerprint density at radius 2 is 1.87 bits per heavy atom. The van der Waals surface area contributed by atoms with Crippen LogP contribution < -0.4 is 10.6 Å². The van der Waals surface area contributed by atoms with E-state index in [4.69, 9.17) is 11.6 Å². The van der Waals surface area contributed by atoms with Crippen molar-refractivity contribution in [1.82, 2.24) is 9.97 Å². The van der Waals surface area contributed by atoms with Crippen molar-refractivity contribution in [3.05, 3.63) is 53.3 Å². The highest BCUT2D eigenvalue weighted by Crippen LogP contribution is 2.20. The highest BCUT2D eigenvalue weighted by Gasteiger charge is 2.15. The third kappa shape index (κ3) is 3.32. The van der Waals surface area contributed by atoms with Gasteiger partial charge in [-0.3, -0.25) is 9.59 Å². The minimum Gasteiger partial charge on any atom is -0.345 e. The molecule has 0 spiro atoms. The molecule has 7 heteroatoms. The number of benzene rings is 2. The number of hydrogen-bond acceptors (Lipinski definition) is 3. The van der Waals surface area contributed by atoms with Crippen molar-refractivity contribution in [2.75, 3.05) is 10.6 Å². The zero-order chi connectivity index (χ0) is 16.4. The molecule has 3 aromatic rings. The average molecular weight is 329 g/mol. The summed E-state index contributed by atoms with van der Waals surface area (Å²) in [6, 6.07) is 10.2. The third-order valence-electron chi connectivity index (χ3n) is 3.33. The van der Waals surface area contributed by atoms with E-state index in [1.165, 1.54) is 0 Å². The molecule has 0 radical (unpaired) electrons. The molecule has 3 rings (SSSR count). The van der Waals surface area contributed by atoms with Crippen molar-refractivity contribution in [2.24, 2.45) is 0 Å². The molecule has 3 N–H and O–H groups in total. The number of nitrogens with one attached hydrogen (secondary N) is 3. The number of aromatic nitrogens is 2. The number of aromatic amines is 1. The number of rotatable bonds is 2. The summed E-state index contributed by atoms with van der Waals surface area (Å²) in [6.07, 6.45) is 1.56. The van der Waals surface area contributed by atoms with Gasteiger partial charge in [-0.15, -0.1) is 0 Å². The van der Waals surface area contributed by atoms with Crippen LogP contribution in [-0.2, 0) is 9.59 Å². The third-order valence-corrected chi connectivity index (χ3v) is 3.57. The molecule has 0 saturated carbocycles. The maximum atomic E-state index is 12.0. The first-order chi connectivity index (χ1) is 11.0. The molecule has 0 aliphatic heterocycles. The number of aryl methyl sites for hydroxylation is 1. The van der Waals surface area contributed by atoms with Gasteiger partial charge in [0.1, 0.15) is 0 Å². The van der Waals surface area contributed by atoms with Crippen LogP contribution in [0.1, 0.15) is 5.56 Å². The summed E-state index contributed by atoms with van der Waals surface area (Å²) in [6.45, 7) is 1.82. The zero-order valence-electron chi connectivity index (χ0n) is 12.2. The van der Waals surface area contributed by atoms with Crippen LogP contribution in [-0.4, -0.2) is 21.8 Å². The van der Waals surface area contributed by atoms with E-state index in [1.54, 1.807) is 42.7 Å². The number of fused-ring (bicyclic) bond motifs is 1. The average Bonchev–Trinajstić information content (AvgIpc) is 2.98. The number of anilines is 2. The standard InChI is InChI=1S/C16H13ClN4O2/c1-9-2-3-10(17)6-13(9)21-16(23)15(22)20-11-4-5-12-14(7-11)19-8-18-12/h2-8H,1H3,(H,18,19)(H,20,22)(H,21,23). The molecule has 2 aromatic carbocycles. The Balaban J connectivity index is 1.72. The molecule has 0 aliphatic rings. The number of imidazole rings is 1. The van der Waals surface area contributed by atoms with Crippen LogP contribution in [0.2, 0.25) is 5.02 Å². The summed E-state index contributed by atoms with van der Waals surface area (Å²) in [5.41, 5.74) is 3.37. The molecule has 1 aromatic heterocycles. The number of amides is 2. The molecule has 0 unspecified atom stereocenters. The molecule has 0 aliphatic carbocycles. The largest absolute Gasteiger partial charge is 0.345 e. The Bertz CT molecular complexity index is 904. The Labute approximate surface area is 136 Å². The molecule has 116 valence electrons. The first-order valence-electron chi connectivity index (χ1n) is 6.84. The van der Waals surface area contributed by atoms with Gasteiger partial charge in [0.05, 0.1) is 17.4 Å². The molecule has 0 saturated heterocycles. The van der Waals surface area contributed by atoms with E-state index in [1.807, 2.05) is 6.92 Å². The lowest BCUT2D eigenvalue weighted by Gasteiger charge is -2.09. The van der Waals surface area contributed by atoms with Gasteiger partial charge < -0.3 is 15.6 Å². The second kappa shape index (κ2) is 6.10. The molecular formula is C16H13ClN4O2. The zero-order valence-corrected chi connectivity index (χ0v) is 12.9. The van der Waals surface area contributed by atoms with Gasteiger partial charge in [-0.1, -0.05) is 17.7 Å². The highest BCUT2D eigenvalue weighted by molar-refractivity contribution is 6.44. The van der Waals surface area contributed by atoms with Crippen molar-refractivity contribution < 1.29 is 9.59 Å². The van der Waals surface area contributed by atoms with Crippen LogP contribution in [0.5, 0.6) is 0 Å². The molecule has 0 atom stereocenters. The van der Waals surface area contributed by atoms with Gasteiger partial charge in [-0.05, 0) is 42.8 Å². The number of H-pyrrole nitrogens is 1. The highest BCUT2D eigenvalue weighted by atomic mass is 35.5. The second-order valence-electron chi connectivity index (χ2n) is 5.00. The summed E-state index contributed by atoms with van der Waals surface area (Å²) in [5.74, 6) is -1.52. The van der Waals surface area contributed by atoms with Crippen LogP contribution >= 0.6 is 11.6 Å². The number of carbonyl (C=O) groups excluding carboxylic acids is 2. The predicted octanol–water partition coefficient (Wildman–Crippen LogP) is 3.10. The quantitative estimate of drug-likeness (QED) is 0.632. The van der Waals surface area contributed by atoms with Crippen LogP contribution in [0.25, 0.3) is 11.0 Å². The van der Waals surface area contributed by atoms with Gasteiger partial charge >= 0.3 is 11.8 Å². The van der Waals surface area contributed by atoms with Crippen LogP contribution in [0.4, 0.5) is 11.4 Å². The van der Waals surface area contributed by atoms with E-state index < -0.39 is 11.8 Å². The van der Waals surface area contributed by atoms with Crippen LogP contribution in [0.15, 0.2) is 42.7 Å². The summed E-state index contributed by atoms with van der Waals surface area (Å²) in [5, 5.41) is 5.58. The lowest BCUT2D eigenvalue weighted by molar-refractivity contribution is -0.133. The van der Waals surface area contributed by atoms with Gasteiger partial charge in [0.25, 0.3) is 0 Å². The van der Waals surface area contributed by atoms with Gasteiger partial charge in [0, 0.05) is 16.4 Å². The Morgan fingerprint density at radius 1 is 1.09 bits per heavy atom. The number of hydrogen-bond donors (Lipinski definition) is 3. The first kappa shape index (κ1) is 15.1. The van der Waals surface area contributed by atoms with E-state index in [0.29, 0.717) is 16.4 Å². The van der Waals surface area contributed by atoms with Gasteiger partial charge in [-0.2, -0.15) is 0 Å². The topological polar surface area (TPSA) is 86.9 Å². The molecule has 0 fully saturated rings. The fourth-order valence-electron chi connectivity index (χ4n) is 2.11. The number of halogens is 1. The Hall–Kier alpha value is -2.86. The van der Waals surface area contributed by atoms with E-state index in [-0.39, 0.29) is 0 Å². The molecule has 2 amide bonds. The van der Waals surface area contributed by atoms with E-state index in [9.17, 15) is 9.59 Å². The normalized spacial score (nSPS) is 10.5. The molecule has 0 bridgehead atoms.